The van der Waals surface area contributed by atoms with E-state index in [2.05, 4.69) is 0 Å². The quantitative estimate of drug-likeness (QED) is 0.606. The predicted molar refractivity (Wildman–Crippen MR) is 44.0 cm³/mol. The Kier molecular flexibility index (Phi) is 3.82. The van der Waals surface area contributed by atoms with Gasteiger partial charge in [-0.1, -0.05) is 13.8 Å². The highest BCUT2D eigenvalue weighted by atomic mass is 32.2. The van der Waals surface area contributed by atoms with Gasteiger partial charge >= 0.3 is 10.1 Å². The fraction of sp³-hybridized carbons (Fsp3) is 0.833. The van der Waals surface area contributed by atoms with Gasteiger partial charge in [0.05, 0.1) is 6.04 Å². The molecule has 0 saturated heterocycles. The highest BCUT2D eigenvalue weighted by Crippen LogP contribution is 2.05. The molecule has 0 bridgehead atoms. The number of hydrogen-bond acceptors (Lipinski definition) is 4. The van der Waals surface area contributed by atoms with Gasteiger partial charge < -0.3 is 5.73 Å². The van der Waals surface area contributed by atoms with Crippen LogP contribution >= 0.6 is 0 Å². The molecular formula is C6H13NO4S. The largest absolute Gasteiger partial charge is 0.330 e. The van der Waals surface area contributed by atoms with Crippen molar-refractivity contribution < 1.29 is 17.8 Å². The maximum Gasteiger partial charge on any atom is 0.330 e. The maximum absolute atomic E-state index is 10.7. The van der Waals surface area contributed by atoms with E-state index in [0.29, 0.717) is 0 Å². The van der Waals surface area contributed by atoms with Gasteiger partial charge in [0.15, 0.2) is 0 Å². The van der Waals surface area contributed by atoms with E-state index in [-0.39, 0.29) is 12.3 Å². The molecule has 0 unspecified atom stereocenters. The molecule has 0 aliphatic rings. The number of rotatable bonds is 3. The average molecular weight is 195 g/mol. The van der Waals surface area contributed by atoms with Crippen LogP contribution in [0.5, 0.6) is 0 Å². The molecule has 72 valence electrons. The lowest BCUT2D eigenvalue weighted by molar-refractivity contribution is -0.113. The van der Waals surface area contributed by atoms with E-state index in [0.717, 1.165) is 0 Å². The van der Waals surface area contributed by atoms with Gasteiger partial charge in [0.1, 0.15) is 0 Å². The van der Waals surface area contributed by atoms with Crippen LogP contribution in [0.1, 0.15) is 20.3 Å². The fourth-order valence-electron chi connectivity index (χ4n) is 0.795. The first-order valence-corrected chi connectivity index (χ1v) is 4.96. The second-order valence-corrected chi connectivity index (χ2v) is 4.38. The molecule has 0 aliphatic heterocycles. The molecule has 0 aliphatic carbocycles. The first kappa shape index (κ1) is 11.5. The van der Waals surface area contributed by atoms with Crippen molar-refractivity contribution in [1.82, 2.24) is 0 Å². The predicted octanol–water partition coefficient (Wildman–Crippen LogP) is -0.226. The third-order valence-corrected chi connectivity index (χ3v) is 2.09. The summed E-state index contributed by atoms with van der Waals surface area (Å²) in [5.74, 6) is 0.116. The van der Waals surface area contributed by atoms with Gasteiger partial charge in [-0.25, -0.2) is 0 Å². The van der Waals surface area contributed by atoms with Gasteiger partial charge in [-0.05, 0) is 12.3 Å². The van der Waals surface area contributed by atoms with Crippen molar-refractivity contribution in [2.45, 2.75) is 26.3 Å². The Hall–Kier alpha value is -0.460. The Bertz CT molecular complexity index is 257. The first-order chi connectivity index (χ1) is 5.25. The fourth-order valence-corrected chi connectivity index (χ4v) is 1.27. The van der Waals surface area contributed by atoms with Gasteiger partial charge in [0, 0.05) is 0 Å². The number of nitrogens with two attached hydrogens (primary N) is 1. The topological polar surface area (TPSA) is 97.5 Å². The highest BCUT2D eigenvalue weighted by molar-refractivity contribution is 8.01. The summed E-state index contributed by atoms with van der Waals surface area (Å²) in [7, 11) is -4.61. The number of hydrogen-bond donors (Lipinski definition) is 2. The van der Waals surface area contributed by atoms with Crippen LogP contribution in [0.25, 0.3) is 0 Å². The lowest BCUT2D eigenvalue weighted by Crippen LogP contribution is -2.36. The van der Waals surface area contributed by atoms with Crippen molar-refractivity contribution >= 4 is 15.2 Å². The molecule has 0 rings (SSSR count). The van der Waals surface area contributed by atoms with Crippen molar-refractivity contribution in [3.63, 3.8) is 0 Å². The molecule has 6 heteroatoms. The van der Waals surface area contributed by atoms with E-state index in [1.54, 1.807) is 13.8 Å². The molecule has 0 aromatic heterocycles. The summed E-state index contributed by atoms with van der Waals surface area (Å²) in [6.45, 7) is 3.61. The van der Waals surface area contributed by atoms with Crippen LogP contribution in [-0.4, -0.2) is 24.1 Å². The zero-order valence-corrected chi connectivity index (χ0v) is 7.84. The lowest BCUT2D eigenvalue weighted by Gasteiger charge is -2.09. The van der Waals surface area contributed by atoms with Crippen LogP contribution in [0.3, 0.4) is 0 Å². The Morgan fingerprint density at radius 3 is 2.17 bits per heavy atom. The Morgan fingerprint density at radius 2 is 1.92 bits per heavy atom. The zero-order chi connectivity index (χ0) is 9.94. The molecule has 3 N–H and O–H groups in total. The van der Waals surface area contributed by atoms with E-state index in [1.807, 2.05) is 0 Å². The van der Waals surface area contributed by atoms with Crippen LogP contribution in [0.15, 0.2) is 0 Å². The van der Waals surface area contributed by atoms with Crippen molar-refractivity contribution in [3.05, 3.63) is 0 Å². The zero-order valence-electron chi connectivity index (χ0n) is 7.02. The third-order valence-electron chi connectivity index (χ3n) is 1.28. The molecule has 0 radical (unpaired) electrons. The second-order valence-electron chi connectivity index (χ2n) is 3.03. The van der Waals surface area contributed by atoms with Crippen molar-refractivity contribution in [2.24, 2.45) is 11.7 Å². The van der Waals surface area contributed by atoms with Gasteiger partial charge in [0.25, 0.3) is 5.12 Å². The molecule has 0 fully saturated rings. The summed E-state index contributed by atoms with van der Waals surface area (Å²) in [5.41, 5.74) is 5.22. The van der Waals surface area contributed by atoms with Crippen LogP contribution in [-0.2, 0) is 14.9 Å². The Morgan fingerprint density at radius 1 is 1.50 bits per heavy atom. The molecule has 12 heavy (non-hydrogen) atoms. The van der Waals surface area contributed by atoms with Crippen molar-refractivity contribution in [3.8, 4) is 0 Å². The minimum atomic E-state index is -4.61. The summed E-state index contributed by atoms with van der Waals surface area (Å²) < 4.78 is 28.9. The summed E-state index contributed by atoms with van der Waals surface area (Å²) >= 11 is 0. The van der Waals surface area contributed by atoms with Gasteiger partial charge in [0.2, 0.25) is 0 Å². The van der Waals surface area contributed by atoms with E-state index < -0.39 is 21.3 Å². The van der Waals surface area contributed by atoms with E-state index in [1.165, 1.54) is 0 Å². The summed E-state index contributed by atoms with van der Waals surface area (Å²) in [6, 6.07) is -1.13. The van der Waals surface area contributed by atoms with Gasteiger partial charge in [-0.2, -0.15) is 8.42 Å². The van der Waals surface area contributed by atoms with Gasteiger partial charge in [-0.3, -0.25) is 9.35 Å². The smallest absolute Gasteiger partial charge is 0.320 e. The molecule has 0 saturated carbocycles. The summed E-state index contributed by atoms with van der Waals surface area (Å²) in [5, 5.41) is -1.31. The lowest BCUT2D eigenvalue weighted by atomic mass is 10.1. The minimum Gasteiger partial charge on any atom is -0.320 e. The number of carbonyl (C=O) groups is 1. The van der Waals surface area contributed by atoms with Gasteiger partial charge in [-0.15, -0.1) is 0 Å². The standard InChI is InChI=1S/C6H13NO4S/c1-4(2)3-5(7)6(8)12(9,10)11/h4-5H,3,7H2,1-2H3,(H,9,10,11)/t5-/m0/s1. The molecule has 0 aromatic carbocycles. The third kappa shape index (κ3) is 3.80. The van der Waals surface area contributed by atoms with E-state index >= 15 is 0 Å². The Balaban J connectivity index is 4.32. The average Bonchev–Trinajstić information content (AvgIpc) is 1.82. The van der Waals surface area contributed by atoms with Crippen LogP contribution in [0.4, 0.5) is 0 Å². The summed E-state index contributed by atoms with van der Waals surface area (Å²) in [6.07, 6.45) is 0.249. The molecule has 0 aromatic rings. The molecule has 5 nitrogen and oxygen atoms in total. The molecule has 0 heterocycles. The van der Waals surface area contributed by atoms with Crippen molar-refractivity contribution in [1.29, 1.82) is 0 Å². The molecule has 0 spiro atoms. The molecular weight excluding hydrogens is 182 g/mol. The second kappa shape index (κ2) is 3.97. The maximum atomic E-state index is 10.7. The van der Waals surface area contributed by atoms with E-state index in [9.17, 15) is 13.2 Å². The first-order valence-electron chi connectivity index (χ1n) is 3.52. The van der Waals surface area contributed by atoms with Crippen molar-refractivity contribution in [2.75, 3.05) is 0 Å². The van der Waals surface area contributed by atoms with E-state index in [4.69, 9.17) is 10.3 Å². The number of carbonyl (C=O) groups excluding carboxylic acids is 1. The molecule has 1 atom stereocenters. The van der Waals surface area contributed by atoms with Crippen LogP contribution in [0.2, 0.25) is 0 Å². The van der Waals surface area contributed by atoms with Crippen LogP contribution < -0.4 is 5.73 Å². The van der Waals surface area contributed by atoms with Crippen LogP contribution in [0, 0.1) is 5.92 Å². The monoisotopic (exact) mass is 195 g/mol. The molecule has 0 amide bonds. The highest BCUT2D eigenvalue weighted by Gasteiger charge is 2.26. The normalized spacial score (nSPS) is 14.8. The summed E-state index contributed by atoms with van der Waals surface area (Å²) in [4.78, 5) is 10.7. The Labute approximate surface area is 71.7 Å². The minimum absolute atomic E-state index is 0.116. The SMILES string of the molecule is CC(C)C[C@H](N)C(=O)S(=O)(=O)O.